The first-order chi connectivity index (χ1) is 15.7. The van der Waals surface area contributed by atoms with Gasteiger partial charge in [0.1, 0.15) is 29.6 Å². The number of rotatable bonds is 6. The molecule has 0 saturated heterocycles. The van der Waals surface area contributed by atoms with Crippen LogP contribution in [0, 0.1) is 5.95 Å². The summed E-state index contributed by atoms with van der Waals surface area (Å²) < 4.78 is 62.7. The van der Waals surface area contributed by atoms with Crippen molar-refractivity contribution in [2.75, 3.05) is 7.11 Å². The third kappa shape index (κ3) is 5.06. The fraction of sp³-hybridized carbons (Fsp3) is 0.136. The minimum Gasteiger partial charge on any atom is -0.496 e. The Labute approximate surface area is 190 Å². The number of halogens is 5. The van der Waals surface area contributed by atoms with E-state index >= 15 is 0 Å². The van der Waals surface area contributed by atoms with E-state index in [1.807, 2.05) is 0 Å². The van der Waals surface area contributed by atoms with Gasteiger partial charge < -0.3 is 14.5 Å². The van der Waals surface area contributed by atoms with Gasteiger partial charge in [0, 0.05) is 29.6 Å². The van der Waals surface area contributed by atoms with Crippen molar-refractivity contribution < 1.29 is 27.0 Å². The van der Waals surface area contributed by atoms with Gasteiger partial charge in [-0.15, -0.1) is 0 Å². The number of hydrogen-bond donors (Lipinski definition) is 1. The number of pyridine rings is 2. The molecular weight excluding hydrogens is 464 g/mol. The van der Waals surface area contributed by atoms with E-state index in [2.05, 4.69) is 19.9 Å². The van der Waals surface area contributed by atoms with Crippen LogP contribution in [0.3, 0.4) is 0 Å². The highest BCUT2D eigenvalue weighted by molar-refractivity contribution is 6.32. The van der Waals surface area contributed by atoms with Crippen molar-refractivity contribution in [1.29, 1.82) is 0 Å². The Morgan fingerprint density at radius 3 is 2.58 bits per heavy atom. The number of aromatic amines is 1. The molecule has 33 heavy (non-hydrogen) atoms. The SMILES string of the molecule is COc1cc(OCc2ccnc(C(F)(F)F)c2)ccc1-c1[nH]c(-c2ccc(F)nc2)nc1Cl. The van der Waals surface area contributed by atoms with Gasteiger partial charge in [-0.2, -0.15) is 17.6 Å². The van der Waals surface area contributed by atoms with E-state index in [0.717, 1.165) is 12.3 Å². The van der Waals surface area contributed by atoms with Crippen molar-refractivity contribution in [3.63, 3.8) is 0 Å². The first-order valence-corrected chi connectivity index (χ1v) is 9.83. The third-order valence-electron chi connectivity index (χ3n) is 4.62. The number of hydrogen-bond acceptors (Lipinski definition) is 5. The molecule has 0 aliphatic carbocycles. The molecule has 0 bridgehead atoms. The van der Waals surface area contributed by atoms with E-state index in [0.29, 0.717) is 39.7 Å². The molecule has 0 unspecified atom stereocenters. The molecule has 0 amide bonds. The average molecular weight is 479 g/mol. The van der Waals surface area contributed by atoms with Gasteiger partial charge >= 0.3 is 6.18 Å². The number of H-pyrrole nitrogens is 1. The van der Waals surface area contributed by atoms with E-state index in [4.69, 9.17) is 21.1 Å². The largest absolute Gasteiger partial charge is 0.496 e. The van der Waals surface area contributed by atoms with Gasteiger partial charge in [-0.1, -0.05) is 11.6 Å². The topological polar surface area (TPSA) is 72.9 Å². The molecule has 0 saturated carbocycles. The third-order valence-corrected chi connectivity index (χ3v) is 4.90. The van der Waals surface area contributed by atoms with Crippen LogP contribution < -0.4 is 9.47 Å². The predicted molar refractivity (Wildman–Crippen MR) is 112 cm³/mol. The Morgan fingerprint density at radius 2 is 1.88 bits per heavy atom. The number of imidazole rings is 1. The second-order valence-corrected chi connectivity index (χ2v) is 7.18. The summed E-state index contributed by atoms with van der Waals surface area (Å²) in [6.07, 6.45) is -2.13. The van der Waals surface area contributed by atoms with E-state index in [1.165, 1.54) is 31.5 Å². The van der Waals surface area contributed by atoms with Crippen LogP contribution in [-0.4, -0.2) is 27.0 Å². The average Bonchev–Trinajstić information content (AvgIpc) is 3.19. The minimum absolute atomic E-state index is 0.0966. The molecule has 0 atom stereocenters. The second kappa shape index (κ2) is 9.07. The molecule has 0 fully saturated rings. The van der Waals surface area contributed by atoms with Crippen molar-refractivity contribution in [1.82, 2.24) is 19.9 Å². The second-order valence-electron chi connectivity index (χ2n) is 6.82. The van der Waals surface area contributed by atoms with Crippen molar-refractivity contribution in [2.45, 2.75) is 12.8 Å². The minimum atomic E-state index is -4.53. The highest BCUT2D eigenvalue weighted by Gasteiger charge is 2.32. The van der Waals surface area contributed by atoms with Gasteiger partial charge in [-0.3, -0.25) is 4.98 Å². The van der Waals surface area contributed by atoms with Crippen LogP contribution in [-0.2, 0) is 12.8 Å². The van der Waals surface area contributed by atoms with Crippen LogP contribution in [0.4, 0.5) is 17.6 Å². The summed E-state index contributed by atoms with van der Waals surface area (Å²) in [6.45, 7) is -0.0966. The quantitative estimate of drug-likeness (QED) is 0.274. The molecule has 0 aliphatic rings. The van der Waals surface area contributed by atoms with Crippen LogP contribution in [0.2, 0.25) is 5.15 Å². The maximum Gasteiger partial charge on any atom is 0.433 e. The van der Waals surface area contributed by atoms with Crippen LogP contribution in [0.5, 0.6) is 11.5 Å². The Morgan fingerprint density at radius 1 is 1.06 bits per heavy atom. The lowest BCUT2D eigenvalue weighted by Gasteiger charge is -2.12. The van der Waals surface area contributed by atoms with Crippen LogP contribution >= 0.6 is 11.6 Å². The molecule has 0 spiro atoms. The Balaban J connectivity index is 1.56. The Bertz CT molecular complexity index is 1280. The molecule has 6 nitrogen and oxygen atoms in total. The lowest BCUT2D eigenvalue weighted by atomic mass is 10.1. The van der Waals surface area contributed by atoms with Crippen LogP contribution in [0.15, 0.2) is 54.9 Å². The van der Waals surface area contributed by atoms with Crippen LogP contribution in [0.1, 0.15) is 11.3 Å². The number of aromatic nitrogens is 4. The van der Waals surface area contributed by atoms with Crippen molar-refractivity contribution >= 4 is 11.6 Å². The van der Waals surface area contributed by atoms with Gasteiger partial charge in [0.05, 0.1) is 12.8 Å². The summed E-state index contributed by atoms with van der Waals surface area (Å²) in [5.74, 6) is 0.547. The van der Waals surface area contributed by atoms with Gasteiger partial charge in [-0.05, 0) is 42.0 Å². The Kier molecular flexibility index (Phi) is 6.19. The smallest absolute Gasteiger partial charge is 0.433 e. The summed E-state index contributed by atoms with van der Waals surface area (Å²) in [5.41, 5.74) is 0.904. The zero-order valence-corrected chi connectivity index (χ0v) is 17.7. The molecule has 4 aromatic rings. The van der Waals surface area contributed by atoms with Gasteiger partial charge in [0.15, 0.2) is 5.15 Å². The summed E-state index contributed by atoms with van der Waals surface area (Å²) in [4.78, 5) is 14.2. The van der Waals surface area contributed by atoms with E-state index in [-0.39, 0.29) is 11.8 Å². The molecule has 4 rings (SSSR count). The molecule has 3 heterocycles. The molecule has 170 valence electrons. The maximum atomic E-state index is 13.1. The van der Waals surface area contributed by atoms with E-state index in [9.17, 15) is 17.6 Å². The molecule has 1 aromatic carbocycles. The zero-order chi connectivity index (χ0) is 23.6. The summed E-state index contributed by atoms with van der Waals surface area (Å²) in [5, 5.41) is 0.165. The number of benzene rings is 1. The molecular formula is C22H15ClF4N4O2. The van der Waals surface area contributed by atoms with E-state index in [1.54, 1.807) is 18.2 Å². The lowest BCUT2D eigenvalue weighted by molar-refractivity contribution is -0.141. The normalized spacial score (nSPS) is 11.5. The maximum absolute atomic E-state index is 13.1. The molecule has 11 heteroatoms. The molecule has 3 aromatic heterocycles. The molecule has 1 N–H and O–H groups in total. The Hall–Kier alpha value is -3.66. The molecule has 0 radical (unpaired) electrons. The fourth-order valence-electron chi connectivity index (χ4n) is 3.04. The van der Waals surface area contributed by atoms with Gasteiger partial charge in [0.2, 0.25) is 5.95 Å². The number of nitrogens with one attached hydrogen (secondary N) is 1. The predicted octanol–water partition coefficient (Wildman–Crippen LogP) is 5.93. The van der Waals surface area contributed by atoms with Crippen molar-refractivity contribution in [3.05, 3.63) is 77.2 Å². The summed E-state index contributed by atoms with van der Waals surface area (Å²) in [7, 11) is 1.45. The summed E-state index contributed by atoms with van der Waals surface area (Å²) >= 11 is 6.30. The highest BCUT2D eigenvalue weighted by atomic mass is 35.5. The first-order valence-electron chi connectivity index (χ1n) is 9.45. The number of methoxy groups -OCH3 is 1. The first kappa shape index (κ1) is 22.5. The van der Waals surface area contributed by atoms with Gasteiger partial charge in [-0.25, -0.2) is 9.97 Å². The number of nitrogens with zero attached hydrogens (tertiary/aromatic N) is 3. The number of ether oxygens (including phenoxy) is 2. The molecule has 0 aliphatic heterocycles. The van der Waals surface area contributed by atoms with Crippen molar-refractivity contribution in [3.8, 4) is 34.1 Å². The fourth-order valence-corrected chi connectivity index (χ4v) is 3.27. The van der Waals surface area contributed by atoms with Crippen molar-refractivity contribution in [2.24, 2.45) is 0 Å². The number of alkyl halides is 3. The monoisotopic (exact) mass is 478 g/mol. The van der Waals surface area contributed by atoms with E-state index < -0.39 is 17.8 Å². The van der Waals surface area contributed by atoms with Crippen LogP contribution in [0.25, 0.3) is 22.6 Å². The summed E-state index contributed by atoms with van der Waals surface area (Å²) in [6, 6.07) is 9.97. The standard InChI is InChI=1S/C22H15ClF4N4O2/c1-32-16-9-14(33-11-12-6-7-28-17(8-12)22(25,26)27)3-4-15(16)19-20(23)31-21(30-19)13-2-5-18(24)29-10-13/h2-10H,11H2,1H3,(H,30,31). The van der Waals surface area contributed by atoms with Gasteiger partial charge in [0.25, 0.3) is 0 Å². The zero-order valence-electron chi connectivity index (χ0n) is 17.0. The lowest BCUT2D eigenvalue weighted by Crippen LogP contribution is -2.09. The highest BCUT2D eigenvalue weighted by Crippen LogP contribution is 2.37.